The van der Waals surface area contributed by atoms with E-state index < -0.39 is 0 Å². The molecule has 0 radical (unpaired) electrons. The van der Waals surface area contributed by atoms with Gasteiger partial charge in [-0.1, -0.05) is 42.0 Å². The Bertz CT molecular complexity index is 1030. The van der Waals surface area contributed by atoms with Crippen molar-refractivity contribution < 1.29 is 9.53 Å². The summed E-state index contributed by atoms with van der Waals surface area (Å²) >= 11 is 0. The minimum absolute atomic E-state index is 0.0208. The van der Waals surface area contributed by atoms with E-state index >= 15 is 0 Å². The van der Waals surface area contributed by atoms with Gasteiger partial charge in [-0.25, -0.2) is 0 Å². The number of carbonyl (C=O) groups is 1. The summed E-state index contributed by atoms with van der Waals surface area (Å²) in [5.74, 6) is 1.50. The Morgan fingerprint density at radius 1 is 0.938 bits per heavy atom. The third-order valence-electron chi connectivity index (χ3n) is 5.87. The van der Waals surface area contributed by atoms with Gasteiger partial charge in [0.25, 0.3) is 5.91 Å². The van der Waals surface area contributed by atoms with Crippen LogP contribution in [0.15, 0.2) is 85.2 Å². The van der Waals surface area contributed by atoms with E-state index in [4.69, 9.17) is 4.74 Å². The maximum Gasteiger partial charge on any atom is 0.254 e. The van der Waals surface area contributed by atoms with Gasteiger partial charge in [0.2, 0.25) is 0 Å². The molecule has 0 N–H and O–H groups in total. The molecule has 32 heavy (non-hydrogen) atoms. The quantitative estimate of drug-likeness (QED) is 0.417. The van der Waals surface area contributed by atoms with E-state index in [1.807, 2.05) is 60.4 Å². The van der Waals surface area contributed by atoms with Gasteiger partial charge in [-0.2, -0.15) is 0 Å². The summed E-state index contributed by atoms with van der Waals surface area (Å²) in [5, 5.41) is 0. The summed E-state index contributed by atoms with van der Waals surface area (Å²) in [5.41, 5.74) is 3.97. The fourth-order valence-electron chi connectivity index (χ4n) is 3.92. The summed E-state index contributed by atoms with van der Waals surface area (Å²) in [6.45, 7) is 3.84. The molecule has 0 saturated carbocycles. The van der Waals surface area contributed by atoms with Crippen LogP contribution in [0.25, 0.3) is 0 Å². The molecule has 0 spiro atoms. The summed E-state index contributed by atoms with van der Waals surface area (Å²) < 4.78 is 6.01. The molecule has 0 bridgehead atoms. The first-order valence-electron chi connectivity index (χ1n) is 11.3. The molecule has 0 saturated heterocycles. The van der Waals surface area contributed by atoms with Gasteiger partial charge in [-0.15, -0.1) is 0 Å². The average molecular weight is 427 g/mol. The second kappa shape index (κ2) is 10.8. The molecule has 1 aliphatic rings. The van der Waals surface area contributed by atoms with Crippen molar-refractivity contribution >= 4 is 5.91 Å². The molecule has 1 heterocycles. The number of nitrogens with zero attached hydrogens (tertiary/aromatic N) is 2. The molecule has 164 valence electrons. The van der Waals surface area contributed by atoms with Crippen LogP contribution in [-0.4, -0.2) is 22.4 Å². The van der Waals surface area contributed by atoms with E-state index in [1.54, 1.807) is 12.4 Å². The maximum absolute atomic E-state index is 13.3. The molecule has 0 fully saturated rings. The van der Waals surface area contributed by atoms with Crippen molar-refractivity contribution in [2.45, 2.75) is 39.3 Å². The molecule has 1 amide bonds. The second-order valence-corrected chi connectivity index (χ2v) is 8.49. The van der Waals surface area contributed by atoms with Gasteiger partial charge < -0.3 is 9.64 Å². The molecule has 2 aromatic carbocycles. The topological polar surface area (TPSA) is 42.4 Å². The number of rotatable bonds is 8. The van der Waals surface area contributed by atoms with Crippen molar-refractivity contribution in [1.29, 1.82) is 0 Å². The number of allylic oxidation sites excluding steroid dienone is 2. The summed E-state index contributed by atoms with van der Waals surface area (Å²) in [7, 11) is 0. The summed E-state index contributed by atoms with van der Waals surface area (Å²) in [6.07, 6.45) is 11.5. The van der Waals surface area contributed by atoms with E-state index in [0.29, 0.717) is 24.6 Å². The molecular weight excluding hydrogens is 396 g/mol. The minimum Gasteiger partial charge on any atom is -0.493 e. The first kappa shape index (κ1) is 21.8. The van der Waals surface area contributed by atoms with Gasteiger partial charge in [0.05, 0.1) is 6.61 Å². The van der Waals surface area contributed by atoms with Gasteiger partial charge in [-0.3, -0.25) is 9.78 Å². The molecule has 4 nitrogen and oxygen atoms in total. The van der Waals surface area contributed by atoms with Crippen molar-refractivity contribution in [3.63, 3.8) is 0 Å². The van der Waals surface area contributed by atoms with Crippen LogP contribution >= 0.6 is 0 Å². The Hall–Kier alpha value is -3.40. The molecule has 1 atom stereocenters. The monoisotopic (exact) mass is 426 g/mol. The van der Waals surface area contributed by atoms with Gasteiger partial charge >= 0.3 is 0 Å². The molecule has 1 aliphatic carbocycles. The van der Waals surface area contributed by atoms with Crippen LogP contribution in [0.5, 0.6) is 5.75 Å². The van der Waals surface area contributed by atoms with Gasteiger partial charge in [-0.05, 0) is 79.6 Å². The summed E-state index contributed by atoms with van der Waals surface area (Å²) in [4.78, 5) is 19.3. The maximum atomic E-state index is 13.3. The average Bonchev–Trinajstić information content (AvgIpc) is 2.84. The summed E-state index contributed by atoms with van der Waals surface area (Å²) in [6, 6.07) is 19.8. The van der Waals surface area contributed by atoms with E-state index in [1.165, 1.54) is 6.42 Å². The van der Waals surface area contributed by atoms with Crippen LogP contribution < -0.4 is 4.74 Å². The molecule has 1 aromatic heterocycles. The predicted octanol–water partition coefficient (Wildman–Crippen LogP) is 5.97. The van der Waals surface area contributed by atoms with Gasteiger partial charge in [0.1, 0.15) is 5.75 Å². The highest BCUT2D eigenvalue weighted by Crippen LogP contribution is 2.21. The van der Waals surface area contributed by atoms with Crippen molar-refractivity contribution in [3.05, 3.63) is 107 Å². The van der Waals surface area contributed by atoms with Crippen LogP contribution in [0.2, 0.25) is 0 Å². The molecule has 3 aromatic rings. The number of ether oxygens (including phenoxy) is 1. The first-order valence-corrected chi connectivity index (χ1v) is 11.3. The van der Waals surface area contributed by atoms with Crippen LogP contribution in [-0.2, 0) is 13.1 Å². The number of hydrogen-bond donors (Lipinski definition) is 0. The fourth-order valence-corrected chi connectivity index (χ4v) is 3.92. The Labute approximate surface area is 190 Å². The lowest BCUT2D eigenvalue weighted by Gasteiger charge is -2.23. The molecule has 0 aliphatic heterocycles. The van der Waals surface area contributed by atoms with Crippen LogP contribution in [0.1, 0.15) is 46.3 Å². The number of carbonyl (C=O) groups excluding carboxylic acids is 1. The SMILES string of the molecule is Cc1ccc(C(=O)N(Cc2ccncc2)Cc2ccc(OCC3CC=CCC3)cc2)cc1. The normalized spacial score (nSPS) is 15.3. The third kappa shape index (κ3) is 6.07. The largest absolute Gasteiger partial charge is 0.493 e. The van der Waals surface area contributed by atoms with Crippen molar-refractivity contribution in [2.24, 2.45) is 5.92 Å². The number of benzene rings is 2. The predicted molar refractivity (Wildman–Crippen MR) is 127 cm³/mol. The number of hydrogen-bond acceptors (Lipinski definition) is 3. The van der Waals surface area contributed by atoms with Crippen molar-refractivity contribution in [2.75, 3.05) is 6.61 Å². The highest BCUT2D eigenvalue weighted by atomic mass is 16.5. The molecule has 4 heteroatoms. The smallest absolute Gasteiger partial charge is 0.254 e. The third-order valence-corrected chi connectivity index (χ3v) is 5.87. The Kier molecular flexibility index (Phi) is 7.34. The van der Waals surface area contributed by atoms with Crippen LogP contribution in [0.3, 0.4) is 0 Å². The number of pyridine rings is 1. The lowest BCUT2D eigenvalue weighted by Crippen LogP contribution is -2.30. The lowest BCUT2D eigenvalue weighted by atomic mass is 9.95. The number of aromatic nitrogens is 1. The molecule has 4 rings (SSSR count). The fraction of sp³-hybridized carbons (Fsp3) is 0.286. The van der Waals surface area contributed by atoms with E-state index in [0.717, 1.165) is 41.9 Å². The highest BCUT2D eigenvalue weighted by molar-refractivity contribution is 5.94. The molecule has 1 unspecified atom stereocenters. The standard InChI is InChI=1S/C28H30N2O2/c1-22-7-11-26(12-8-22)28(31)30(20-24-15-17-29-18-16-24)19-23-9-13-27(14-10-23)32-21-25-5-3-2-4-6-25/h2-3,7-18,25H,4-6,19-21H2,1H3. The van der Waals surface area contributed by atoms with Gasteiger partial charge in [0.15, 0.2) is 0 Å². The van der Waals surface area contributed by atoms with E-state index in [9.17, 15) is 4.79 Å². The Morgan fingerprint density at radius 2 is 1.62 bits per heavy atom. The first-order chi connectivity index (χ1) is 15.7. The van der Waals surface area contributed by atoms with Crippen molar-refractivity contribution in [1.82, 2.24) is 9.88 Å². The number of amides is 1. The minimum atomic E-state index is 0.0208. The van der Waals surface area contributed by atoms with E-state index in [-0.39, 0.29) is 5.91 Å². The van der Waals surface area contributed by atoms with E-state index in [2.05, 4.69) is 29.3 Å². The molecular formula is C28H30N2O2. The van der Waals surface area contributed by atoms with Gasteiger partial charge in [0, 0.05) is 31.0 Å². The zero-order valence-corrected chi connectivity index (χ0v) is 18.6. The zero-order chi connectivity index (χ0) is 22.2. The lowest BCUT2D eigenvalue weighted by molar-refractivity contribution is 0.0730. The number of aryl methyl sites for hydroxylation is 1. The Balaban J connectivity index is 1.44. The van der Waals surface area contributed by atoms with Crippen molar-refractivity contribution in [3.8, 4) is 5.75 Å². The van der Waals surface area contributed by atoms with Crippen LogP contribution in [0, 0.1) is 12.8 Å². The highest BCUT2D eigenvalue weighted by Gasteiger charge is 2.17. The Morgan fingerprint density at radius 3 is 2.28 bits per heavy atom. The zero-order valence-electron chi connectivity index (χ0n) is 18.6. The second-order valence-electron chi connectivity index (χ2n) is 8.49. The van der Waals surface area contributed by atoms with Crippen LogP contribution in [0.4, 0.5) is 0 Å².